The van der Waals surface area contributed by atoms with Crippen LogP contribution in [0.4, 0.5) is 5.82 Å². The van der Waals surface area contributed by atoms with Crippen molar-refractivity contribution in [2.75, 3.05) is 4.90 Å². The van der Waals surface area contributed by atoms with Crippen LogP contribution in [0.1, 0.15) is 28.3 Å². The van der Waals surface area contributed by atoms with Crippen molar-refractivity contribution >= 4 is 22.8 Å². The Morgan fingerprint density at radius 1 is 0.675 bits per heavy atom. The molecule has 1 aliphatic rings. The minimum Gasteiger partial charge on any atom is -0.345 e. The van der Waals surface area contributed by atoms with Gasteiger partial charge in [0.05, 0.1) is 29.0 Å². The number of aliphatic imine (C=N–C) groups is 1. The van der Waals surface area contributed by atoms with Crippen LogP contribution < -0.4 is 4.90 Å². The second-order valence-electron chi connectivity index (χ2n) is 8.98. The molecule has 0 aliphatic carbocycles. The van der Waals surface area contributed by atoms with Gasteiger partial charge in [0.1, 0.15) is 5.82 Å². The van der Waals surface area contributed by atoms with E-state index < -0.39 is 5.66 Å². The summed E-state index contributed by atoms with van der Waals surface area (Å²) in [5, 5.41) is 7.48. The number of nitrogens with one attached hydrogen (secondary N) is 2. The van der Waals surface area contributed by atoms with Crippen LogP contribution in [0.3, 0.4) is 0 Å². The molecule has 0 saturated carbocycles. The first-order chi connectivity index (χ1) is 19.9. The van der Waals surface area contributed by atoms with E-state index in [4.69, 9.17) is 19.9 Å². The van der Waals surface area contributed by atoms with E-state index in [0.717, 1.165) is 28.1 Å². The van der Waals surface area contributed by atoms with Crippen LogP contribution in [-0.2, 0) is 5.66 Å². The van der Waals surface area contributed by atoms with Gasteiger partial charge in [-0.1, -0.05) is 18.2 Å². The molecule has 2 N–H and O–H groups in total. The molecule has 6 aromatic rings. The third-order valence-corrected chi connectivity index (χ3v) is 6.68. The van der Waals surface area contributed by atoms with Crippen molar-refractivity contribution in [1.29, 1.82) is 0 Å². The Bertz CT molecular complexity index is 1770. The number of H-pyrrole nitrogens is 2. The van der Waals surface area contributed by atoms with Crippen LogP contribution in [-0.4, -0.2) is 45.8 Å². The van der Waals surface area contributed by atoms with Gasteiger partial charge in [-0.25, -0.2) is 9.98 Å². The van der Waals surface area contributed by atoms with E-state index in [1.807, 2.05) is 72.9 Å². The average Bonchev–Trinajstić information content (AvgIpc) is 3.78. The lowest BCUT2D eigenvalue weighted by Crippen LogP contribution is -2.50. The summed E-state index contributed by atoms with van der Waals surface area (Å²) in [6.07, 6.45) is 15.9. The number of hydrogen-bond donors (Lipinski definition) is 2. The molecule has 0 radical (unpaired) electrons. The molecular formula is C30H22N10. The Morgan fingerprint density at radius 2 is 1.55 bits per heavy atom. The molecule has 1 unspecified atom stereocenters. The zero-order valence-corrected chi connectivity index (χ0v) is 21.1. The summed E-state index contributed by atoms with van der Waals surface area (Å²) in [6.45, 7) is 0. The van der Waals surface area contributed by atoms with Gasteiger partial charge in [-0.15, -0.1) is 0 Å². The van der Waals surface area contributed by atoms with Crippen LogP contribution in [0, 0.1) is 0 Å². The average molecular weight is 523 g/mol. The lowest BCUT2D eigenvalue weighted by molar-refractivity contribution is 0.501. The zero-order valence-electron chi connectivity index (χ0n) is 21.1. The fourth-order valence-corrected chi connectivity index (χ4v) is 5.05. The summed E-state index contributed by atoms with van der Waals surface area (Å²) in [5.74, 6) is 1.26. The summed E-state index contributed by atoms with van der Waals surface area (Å²) in [5.41, 5.74) is 4.19. The molecule has 0 spiro atoms. The standard InChI is InChI=1S/C30H22N10/c1-3-13-33-23(7-1)28-26(22-6-5-12-32-20-22)27(21-9-15-31-16-10-21)38-30(29-35-18-19-36-29,24-8-2-4-14-34-24)40(28)25-11-17-37-39-25/h1-20H,(H,35,36)(H,37,39). The van der Waals surface area contributed by atoms with Crippen molar-refractivity contribution in [3.63, 3.8) is 0 Å². The summed E-state index contributed by atoms with van der Waals surface area (Å²) in [7, 11) is 0. The first-order valence-corrected chi connectivity index (χ1v) is 12.6. The molecule has 0 aromatic carbocycles. The molecule has 10 nitrogen and oxygen atoms in total. The Labute approximate surface area is 229 Å². The molecule has 7 heterocycles. The van der Waals surface area contributed by atoms with E-state index in [9.17, 15) is 0 Å². The summed E-state index contributed by atoms with van der Waals surface area (Å²) < 4.78 is 0. The van der Waals surface area contributed by atoms with E-state index in [1.165, 1.54) is 0 Å². The van der Waals surface area contributed by atoms with Crippen molar-refractivity contribution in [2.45, 2.75) is 5.66 Å². The van der Waals surface area contributed by atoms with Gasteiger partial charge in [-0.2, -0.15) is 5.10 Å². The van der Waals surface area contributed by atoms with E-state index in [0.29, 0.717) is 23.0 Å². The normalized spacial score (nSPS) is 17.1. The van der Waals surface area contributed by atoms with Crippen LogP contribution >= 0.6 is 0 Å². The molecule has 40 heavy (non-hydrogen) atoms. The highest BCUT2D eigenvalue weighted by Crippen LogP contribution is 2.49. The van der Waals surface area contributed by atoms with Crippen molar-refractivity contribution < 1.29 is 0 Å². The monoisotopic (exact) mass is 522 g/mol. The number of nitrogens with zero attached hydrogens (tertiary/aromatic N) is 8. The number of aromatic amines is 2. The van der Waals surface area contributed by atoms with Gasteiger partial charge in [0.15, 0.2) is 5.82 Å². The second kappa shape index (κ2) is 9.84. The minimum absolute atomic E-state index is 0.575. The Kier molecular flexibility index (Phi) is 5.74. The van der Waals surface area contributed by atoms with E-state index in [1.54, 1.807) is 49.6 Å². The highest BCUT2D eigenvalue weighted by Gasteiger charge is 2.51. The maximum Gasteiger partial charge on any atom is 0.239 e. The van der Waals surface area contributed by atoms with Crippen molar-refractivity contribution in [2.24, 2.45) is 4.99 Å². The number of anilines is 1. The first kappa shape index (κ1) is 23.4. The Balaban J connectivity index is 1.69. The molecule has 192 valence electrons. The third kappa shape index (κ3) is 3.78. The highest BCUT2D eigenvalue weighted by molar-refractivity contribution is 6.38. The molecule has 0 bridgehead atoms. The van der Waals surface area contributed by atoms with Crippen LogP contribution in [0.25, 0.3) is 11.3 Å². The predicted octanol–water partition coefficient (Wildman–Crippen LogP) is 4.49. The third-order valence-electron chi connectivity index (χ3n) is 6.68. The van der Waals surface area contributed by atoms with E-state index >= 15 is 0 Å². The SMILES string of the molecule is c1ccc(C2=C(c3cccnc3)C(c3ccncc3)=NC(c3ccccn3)(c3ncc[nH]3)N2c2ccn[nH]2)nc1. The predicted molar refractivity (Wildman–Crippen MR) is 151 cm³/mol. The van der Waals surface area contributed by atoms with Gasteiger partial charge in [-0.05, 0) is 42.5 Å². The Hall–Kier alpha value is -5.77. The topological polar surface area (TPSA) is 125 Å². The maximum atomic E-state index is 5.56. The molecule has 1 aliphatic heterocycles. The molecular weight excluding hydrogens is 500 g/mol. The fourth-order valence-electron chi connectivity index (χ4n) is 5.05. The highest BCUT2D eigenvalue weighted by atomic mass is 15.4. The number of imidazole rings is 1. The molecule has 1 atom stereocenters. The Morgan fingerprint density at radius 3 is 2.23 bits per heavy atom. The molecule has 0 saturated heterocycles. The van der Waals surface area contributed by atoms with E-state index in [-0.39, 0.29) is 0 Å². The quantitative estimate of drug-likeness (QED) is 0.330. The lowest BCUT2D eigenvalue weighted by Gasteiger charge is -2.45. The van der Waals surface area contributed by atoms with Crippen molar-refractivity contribution in [3.05, 3.63) is 151 Å². The number of rotatable bonds is 6. The van der Waals surface area contributed by atoms with Gasteiger partial charge in [0.25, 0.3) is 0 Å². The van der Waals surface area contributed by atoms with Crippen molar-refractivity contribution in [1.82, 2.24) is 40.1 Å². The van der Waals surface area contributed by atoms with Gasteiger partial charge < -0.3 is 4.98 Å². The van der Waals surface area contributed by atoms with Gasteiger partial charge in [-0.3, -0.25) is 29.9 Å². The summed E-state index contributed by atoms with van der Waals surface area (Å²) in [4.78, 5) is 34.1. The van der Waals surface area contributed by atoms with Crippen LogP contribution in [0.15, 0.2) is 127 Å². The molecule has 6 aromatic heterocycles. The smallest absolute Gasteiger partial charge is 0.239 e. The fraction of sp³-hybridized carbons (Fsp3) is 0.0333. The van der Waals surface area contributed by atoms with Gasteiger partial charge >= 0.3 is 0 Å². The zero-order chi connectivity index (χ0) is 26.8. The number of pyridine rings is 4. The largest absolute Gasteiger partial charge is 0.345 e. The second-order valence-corrected chi connectivity index (χ2v) is 8.98. The van der Waals surface area contributed by atoms with Crippen LogP contribution in [0.5, 0.6) is 0 Å². The number of allylic oxidation sites excluding steroid dienone is 1. The molecule has 7 rings (SSSR count). The molecule has 10 heteroatoms. The lowest BCUT2D eigenvalue weighted by atomic mass is 9.87. The number of hydrogen-bond acceptors (Lipinski definition) is 8. The van der Waals surface area contributed by atoms with Crippen molar-refractivity contribution in [3.8, 4) is 0 Å². The molecule has 0 fully saturated rings. The van der Waals surface area contributed by atoms with Gasteiger partial charge in [0.2, 0.25) is 5.66 Å². The van der Waals surface area contributed by atoms with Gasteiger partial charge in [0, 0.05) is 72.3 Å². The number of aromatic nitrogens is 8. The van der Waals surface area contributed by atoms with Crippen LogP contribution in [0.2, 0.25) is 0 Å². The van der Waals surface area contributed by atoms with E-state index in [2.05, 4.69) is 30.0 Å². The summed E-state index contributed by atoms with van der Waals surface area (Å²) >= 11 is 0. The first-order valence-electron chi connectivity index (χ1n) is 12.6. The molecule has 0 amide bonds. The maximum absolute atomic E-state index is 5.56. The summed E-state index contributed by atoms with van der Waals surface area (Å²) in [6, 6.07) is 21.3. The minimum atomic E-state index is -1.27.